The van der Waals surface area contributed by atoms with Gasteiger partial charge in [0.25, 0.3) is 0 Å². The van der Waals surface area contributed by atoms with Gasteiger partial charge in [0, 0.05) is 0 Å². The van der Waals surface area contributed by atoms with Crippen molar-refractivity contribution in [2.75, 3.05) is 0 Å². The summed E-state index contributed by atoms with van der Waals surface area (Å²) in [5, 5.41) is 2.82. The lowest BCUT2D eigenvalue weighted by atomic mass is 10.0. The van der Waals surface area contributed by atoms with Crippen molar-refractivity contribution in [3.8, 4) is 0 Å². The van der Waals surface area contributed by atoms with Crippen molar-refractivity contribution < 1.29 is 14.3 Å². The van der Waals surface area contributed by atoms with Gasteiger partial charge in [-0.25, -0.2) is 4.79 Å². The van der Waals surface area contributed by atoms with E-state index < -0.39 is 16.8 Å². The van der Waals surface area contributed by atoms with Crippen LogP contribution in [0.15, 0.2) is 60.7 Å². The van der Waals surface area contributed by atoms with E-state index in [1.54, 1.807) is 0 Å². The molecule has 2 aromatic rings. The molecule has 0 bridgehead atoms. The van der Waals surface area contributed by atoms with Crippen molar-refractivity contribution in [3.05, 3.63) is 71.8 Å². The molecule has 0 aliphatic carbocycles. The maximum absolute atomic E-state index is 12.5. The first-order valence-corrected chi connectivity index (χ1v) is 9.59. The molecule has 5 heteroatoms. The molecule has 0 saturated carbocycles. The highest BCUT2D eigenvalue weighted by Gasteiger charge is 2.26. The summed E-state index contributed by atoms with van der Waals surface area (Å²) in [4.78, 5) is 24.5. The van der Waals surface area contributed by atoms with Crippen LogP contribution in [0.3, 0.4) is 0 Å². The number of ether oxygens (including phenoxy) is 1. The first kappa shape index (κ1) is 20.2. The molecule has 1 amide bonds. The predicted octanol–water partition coefficient (Wildman–Crippen LogP) is 4.40. The Kier molecular flexibility index (Phi) is 7.85. The average molecular weight is 418 g/mol. The largest absolute Gasteiger partial charge is 0.459 e. The molecule has 26 heavy (non-hydrogen) atoms. The van der Waals surface area contributed by atoms with Crippen LogP contribution in [0.1, 0.15) is 36.2 Å². The van der Waals surface area contributed by atoms with Crippen molar-refractivity contribution in [1.29, 1.82) is 0 Å². The van der Waals surface area contributed by atoms with Gasteiger partial charge in [0.2, 0.25) is 5.91 Å². The van der Waals surface area contributed by atoms with Crippen LogP contribution in [0.2, 0.25) is 0 Å². The first-order valence-electron chi connectivity index (χ1n) is 8.67. The maximum atomic E-state index is 12.5. The summed E-state index contributed by atoms with van der Waals surface area (Å²) in [7, 11) is 0. The second-order valence-electron chi connectivity index (χ2n) is 6.56. The zero-order valence-corrected chi connectivity index (χ0v) is 16.6. The van der Waals surface area contributed by atoms with E-state index in [-0.39, 0.29) is 18.4 Å². The summed E-state index contributed by atoms with van der Waals surface area (Å²) < 4.78 is 5.41. The van der Waals surface area contributed by atoms with Gasteiger partial charge >= 0.3 is 5.97 Å². The zero-order valence-electron chi connectivity index (χ0n) is 15.0. The molecule has 0 saturated heterocycles. The summed E-state index contributed by atoms with van der Waals surface area (Å²) in [6.45, 7) is 4.21. The summed E-state index contributed by atoms with van der Waals surface area (Å²) >= 11 is 3.41. The van der Waals surface area contributed by atoms with Crippen LogP contribution in [0.25, 0.3) is 0 Å². The topological polar surface area (TPSA) is 55.4 Å². The predicted molar refractivity (Wildman–Crippen MR) is 106 cm³/mol. The van der Waals surface area contributed by atoms with Gasteiger partial charge in [-0.05, 0) is 23.5 Å². The van der Waals surface area contributed by atoms with Crippen LogP contribution in [0.4, 0.5) is 0 Å². The van der Waals surface area contributed by atoms with Crippen molar-refractivity contribution in [3.63, 3.8) is 0 Å². The Labute approximate surface area is 163 Å². The number of carbonyl (C=O) groups excluding carboxylic acids is 2. The van der Waals surface area contributed by atoms with Crippen LogP contribution < -0.4 is 5.32 Å². The number of esters is 1. The quantitative estimate of drug-likeness (QED) is 0.511. The summed E-state index contributed by atoms with van der Waals surface area (Å²) in [6.07, 6.45) is 0.522. The smallest absolute Gasteiger partial charge is 0.328 e. The molecule has 2 aromatic carbocycles. The Balaban J connectivity index is 1.99. The van der Waals surface area contributed by atoms with E-state index in [0.717, 1.165) is 11.1 Å². The second-order valence-corrected chi connectivity index (χ2v) is 7.47. The van der Waals surface area contributed by atoms with Gasteiger partial charge in [0.05, 0.1) is 0 Å². The molecule has 0 fully saturated rings. The number of alkyl halides is 1. The van der Waals surface area contributed by atoms with Gasteiger partial charge in [0.1, 0.15) is 17.5 Å². The van der Waals surface area contributed by atoms with Crippen molar-refractivity contribution in [2.24, 2.45) is 5.92 Å². The molecule has 0 spiro atoms. The molecule has 0 unspecified atom stereocenters. The molecule has 0 aromatic heterocycles. The third kappa shape index (κ3) is 6.30. The van der Waals surface area contributed by atoms with E-state index in [9.17, 15) is 9.59 Å². The monoisotopic (exact) mass is 417 g/mol. The van der Waals surface area contributed by atoms with Crippen LogP contribution in [0, 0.1) is 5.92 Å². The number of hydrogen-bond acceptors (Lipinski definition) is 3. The van der Waals surface area contributed by atoms with Gasteiger partial charge in [-0.3, -0.25) is 4.79 Å². The minimum atomic E-state index is -0.671. The Bertz CT molecular complexity index is 704. The molecule has 0 aliphatic heterocycles. The van der Waals surface area contributed by atoms with Crippen LogP contribution in [-0.2, 0) is 20.9 Å². The van der Waals surface area contributed by atoms with E-state index in [1.807, 2.05) is 74.5 Å². The number of nitrogens with one attached hydrogen (secondary N) is 1. The Morgan fingerprint density at radius 3 is 2.15 bits per heavy atom. The zero-order chi connectivity index (χ0) is 18.9. The highest BCUT2D eigenvalue weighted by molar-refractivity contribution is 9.09. The number of halogens is 1. The Morgan fingerprint density at radius 2 is 1.58 bits per heavy atom. The van der Waals surface area contributed by atoms with Gasteiger partial charge in [-0.15, -0.1) is 0 Å². The number of carbonyl (C=O) groups is 2. The molecular formula is C21H24BrNO3. The lowest BCUT2D eigenvalue weighted by Gasteiger charge is -2.21. The fourth-order valence-electron chi connectivity index (χ4n) is 2.53. The van der Waals surface area contributed by atoms with Gasteiger partial charge in [0.15, 0.2) is 0 Å². The fraction of sp³-hybridized carbons (Fsp3) is 0.333. The Hall–Kier alpha value is -2.14. The molecule has 2 atom stereocenters. The van der Waals surface area contributed by atoms with Crippen LogP contribution >= 0.6 is 15.9 Å². The minimum Gasteiger partial charge on any atom is -0.459 e. The molecule has 4 nitrogen and oxygen atoms in total. The number of rotatable bonds is 8. The fourth-order valence-corrected chi connectivity index (χ4v) is 2.97. The number of hydrogen-bond donors (Lipinski definition) is 1. The van der Waals surface area contributed by atoms with Crippen LogP contribution in [-0.4, -0.2) is 17.9 Å². The van der Waals surface area contributed by atoms with E-state index in [2.05, 4.69) is 21.2 Å². The second kappa shape index (κ2) is 10.1. The van der Waals surface area contributed by atoms with E-state index >= 15 is 0 Å². The number of amides is 1. The highest BCUT2D eigenvalue weighted by atomic mass is 79.9. The normalized spacial score (nSPS) is 13.1. The molecular weight excluding hydrogens is 394 g/mol. The third-order valence-corrected chi connectivity index (χ3v) is 4.80. The van der Waals surface area contributed by atoms with E-state index in [4.69, 9.17) is 4.74 Å². The Morgan fingerprint density at radius 1 is 1.00 bits per heavy atom. The van der Waals surface area contributed by atoms with Crippen molar-refractivity contribution in [2.45, 2.75) is 37.7 Å². The van der Waals surface area contributed by atoms with Crippen molar-refractivity contribution in [1.82, 2.24) is 5.32 Å². The SMILES string of the molecule is CC(C)C[C@H](NC(=O)[C@H](Br)c1ccccc1)C(=O)OCc1ccccc1. The lowest BCUT2D eigenvalue weighted by molar-refractivity contribution is -0.149. The van der Waals surface area contributed by atoms with Crippen molar-refractivity contribution >= 4 is 27.8 Å². The molecule has 0 aliphatic rings. The maximum Gasteiger partial charge on any atom is 0.328 e. The third-order valence-electron chi connectivity index (χ3n) is 3.85. The van der Waals surface area contributed by atoms with Gasteiger partial charge in [-0.2, -0.15) is 0 Å². The molecule has 138 valence electrons. The lowest BCUT2D eigenvalue weighted by Crippen LogP contribution is -2.43. The van der Waals surface area contributed by atoms with Gasteiger partial charge in [-0.1, -0.05) is 90.4 Å². The standard InChI is InChI=1S/C21H24BrNO3/c1-15(2)13-18(21(25)26-14-16-9-5-3-6-10-16)23-20(24)19(22)17-11-7-4-8-12-17/h3-12,15,18-19H,13-14H2,1-2H3,(H,23,24)/t18-,19+/m0/s1. The summed E-state index contributed by atoms with van der Waals surface area (Å²) in [5.74, 6) is -0.419. The molecule has 2 rings (SSSR count). The summed E-state index contributed by atoms with van der Waals surface area (Å²) in [5.41, 5.74) is 1.75. The summed E-state index contributed by atoms with van der Waals surface area (Å²) in [6, 6.07) is 18.2. The number of benzene rings is 2. The van der Waals surface area contributed by atoms with Gasteiger partial charge < -0.3 is 10.1 Å². The van der Waals surface area contributed by atoms with E-state index in [0.29, 0.717) is 6.42 Å². The highest BCUT2D eigenvalue weighted by Crippen LogP contribution is 2.23. The van der Waals surface area contributed by atoms with Crippen LogP contribution in [0.5, 0.6) is 0 Å². The molecule has 1 N–H and O–H groups in total. The molecule has 0 radical (unpaired) electrons. The van der Waals surface area contributed by atoms with E-state index in [1.165, 1.54) is 0 Å². The molecule has 0 heterocycles. The average Bonchev–Trinajstić information content (AvgIpc) is 2.66. The minimum absolute atomic E-state index is 0.195. The first-order chi connectivity index (χ1) is 12.5.